The summed E-state index contributed by atoms with van der Waals surface area (Å²) in [7, 11) is 1.97. The van der Waals surface area contributed by atoms with Crippen LogP contribution in [-0.2, 0) is 6.42 Å². The van der Waals surface area contributed by atoms with Crippen molar-refractivity contribution in [3.8, 4) is 11.4 Å². The minimum atomic E-state index is -0.286. The Labute approximate surface area is 132 Å². The first-order chi connectivity index (χ1) is 10.2. The molecule has 0 bridgehead atoms. The van der Waals surface area contributed by atoms with E-state index in [1.54, 1.807) is 0 Å². The van der Waals surface area contributed by atoms with Gasteiger partial charge in [-0.3, -0.25) is 0 Å². The fraction of sp³-hybridized carbons (Fsp3) is 0.375. The van der Waals surface area contributed by atoms with Gasteiger partial charge in [-0.15, -0.1) is 0 Å². The number of aryl methyl sites for hydroxylation is 1. The molecule has 110 valence electrons. The highest BCUT2D eigenvalue weighted by Gasteiger charge is 2.19. The summed E-state index contributed by atoms with van der Waals surface area (Å²) in [6, 6.07) is 5.07. The van der Waals surface area contributed by atoms with E-state index in [1.165, 1.54) is 24.1 Å². The number of hydrogen-bond donors (Lipinski definition) is 1. The summed E-state index contributed by atoms with van der Waals surface area (Å²) in [4.78, 5) is 9.13. The van der Waals surface area contributed by atoms with Crippen LogP contribution >= 0.6 is 15.9 Å². The number of nitrogens with one attached hydrogen (secondary N) is 1. The van der Waals surface area contributed by atoms with Gasteiger partial charge < -0.3 is 5.32 Å². The zero-order valence-electron chi connectivity index (χ0n) is 11.9. The van der Waals surface area contributed by atoms with Crippen molar-refractivity contribution in [2.45, 2.75) is 31.7 Å². The highest BCUT2D eigenvalue weighted by atomic mass is 79.9. The molecule has 21 heavy (non-hydrogen) atoms. The van der Waals surface area contributed by atoms with E-state index in [2.05, 4.69) is 31.2 Å². The van der Waals surface area contributed by atoms with E-state index >= 15 is 0 Å². The molecule has 3 nitrogen and oxygen atoms in total. The molecular weight excluding hydrogens is 333 g/mol. The summed E-state index contributed by atoms with van der Waals surface area (Å²) in [6.45, 7) is 0. The molecular formula is C16H17BrFN3. The lowest BCUT2D eigenvalue weighted by molar-refractivity contribution is 0.532. The molecule has 3 rings (SSSR count). The van der Waals surface area contributed by atoms with Crippen LogP contribution in [0.3, 0.4) is 0 Å². The number of halogens is 2. The van der Waals surface area contributed by atoms with Crippen molar-refractivity contribution < 1.29 is 4.39 Å². The van der Waals surface area contributed by atoms with Crippen molar-refractivity contribution in [3.05, 3.63) is 45.9 Å². The summed E-state index contributed by atoms with van der Waals surface area (Å²) in [5.74, 6) is 0.303. The van der Waals surface area contributed by atoms with Crippen LogP contribution in [-0.4, -0.2) is 17.0 Å². The third-order valence-electron chi connectivity index (χ3n) is 3.90. The highest BCUT2D eigenvalue weighted by molar-refractivity contribution is 9.10. The first-order valence-corrected chi connectivity index (χ1v) is 7.96. The SMILES string of the molecule is CNC1CCCCc2nc(-c3cc(F)cc(Br)c3)ncc21. The molecule has 1 atom stereocenters. The van der Waals surface area contributed by atoms with Gasteiger partial charge in [-0.1, -0.05) is 22.4 Å². The summed E-state index contributed by atoms with van der Waals surface area (Å²) >= 11 is 3.31. The number of hydrogen-bond acceptors (Lipinski definition) is 3. The predicted molar refractivity (Wildman–Crippen MR) is 84.5 cm³/mol. The number of benzene rings is 1. The van der Waals surface area contributed by atoms with Gasteiger partial charge in [0.1, 0.15) is 5.82 Å². The zero-order valence-corrected chi connectivity index (χ0v) is 13.5. The van der Waals surface area contributed by atoms with E-state index in [-0.39, 0.29) is 5.82 Å². The van der Waals surface area contributed by atoms with Crippen molar-refractivity contribution in [3.63, 3.8) is 0 Å². The molecule has 1 unspecified atom stereocenters. The minimum Gasteiger partial charge on any atom is -0.313 e. The Balaban J connectivity index is 2.04. The normalized spacial score (nSPS) is 18.1. The molecule has 0 aliphatic heterocycles. The molecule has 0 radical (unpaired) electrons. The number of nitrogens with zero attached hydrogens (tertiary/aromatic N) is 2. The topological polar surface area (TPSA) is 37.8 Å². The van der Waals surface area contributed by atoms with Crippen LogP contribution in [0, 0.1) is 5.82 Å². The fourth-order valence-corrected chi connectivity index (χ4v) is 3.30. The maximum Gasteiger partial charge on any atom is 0.159 e. The van der Waals surface area contributed by atoms with Crippen molar-refractivity contribution in [1.82, 2.24) is 15.3 Å². The molecule has 1 N–H and O–H groups in total. The van der Waals surface area contributed by atoms with Gasteiger partial charge >= 0.3 is 0 Å². The molecule has 1 aliphatic rings. The Kier molecular flexibility index (Phi) is 4.31. The van der Waals surface area contributed by atoms with E-state index in [0.29, 0.717) is 21.9 Å². The molecule has 5 heteroatoms. The lowest BCUT2D eigenvalue weighted by Gasteiger charge is -2.16. The molecule has 2 aromatic rings. The Morgan fingerprint density at radius 1 is 1.29 bits per heavy atom. The van der Waals surface area contributed by atoms with E-state index in [0.717, 1.165) is 25.0 Å². The maximum atomic E-state index is 13.5. The van der Waals surface area contributed by atoms with Crippen molar-refractivity contribution >= 4 is 15.9 Å². The van der Waals surface area contributed by atoms with Gasteiger partial charge in [0.05, 0.1) is 0 Å². The standard InChI is InChI=1S/C16H17BrFN3/c1-19-14-4-2-3-5-15-13(14)9-20-16(21-15)10-6-11(17)8-12(18)7-10/h6-9,14,19H,2-5H2,1H3. The van der Waals surface area contributed by atoms with Gasteiger partial charge in [0, 0.05) is 33.5 Å². The van der Waals surface area contributed by atoms with Gasteiger partial charge in [0.15, 0.2) is 5.82 Å². The van der Waals surface area contributed by atoms with E-state index in [1.807, 2.05) is 19.3 Å². The summed E-state index contributed by atoms with van der Waals surface area (Å²) in [5, 5.41) is 3.33. The van der Waals surface area contributed by atoms with E-state index in [9.17, 15) is 4.39 Å². The van der Waals surface area contributed by atoms with Crippen molar-refractivity contribution in [1.29, 1.82) is 0 Å². The summed E-state index contributed by atoms with van der Waals surface area (Å²) in [6.07, 6.45) is 6.28. The van der Waals surface area contributed by atoms with Crippen LogP contribution < -0.4 is 5.32 Å². The van der Waals surface area contributed by atoms with Crippen LogP contribution in [0.15, 0.2) is 28.9 Å². The van der Waals surface area contributed by atoms with Crippen LogP contribution in [0.4, 0.5) is 4.39 Å². The second kappa shape index (κ2) is 6.20. The molecule has 1 aromatic carbocycles. The zero-order chi connectivity index (χ0) is 14.8. The largest absolute Gasteiger partial charge is 0.313 e. The summed E-state index contributed by atoms with van der Waals surface area (Å²) in [5.41, 5.74) is 2.96. The summed E-state index contributed by atoms with van der Waals surface area (Å²) < 4.78 is 14.2. The molecule has 1 heterocycles. The molecule has 0 saturated carbocycles. The second-order valence-corrected chi connectivity index (χ2v) is 6.26. The van der Waals surface area contributed by atoms with Crippen molar-refractivity contribution in [2.75, 3.05) is 7.05 Å². The maximum absolute atomic E-state index is 13.5. The van der Waals surface area contributed by atoms with E-state index in [4.69, 9.17) is 0 Å². The highest BCUT2D eigenvalue weighted by Crippen LogP contribution is 2.29. The Morgan fingerprint density at radius 3 is 2.90 bits per heavy atom. The lowest BCUT2D eigenvalue weighted by Crippen LogP contribution is -2.17. The quantitative estimate of drug-likeness (QED) is 0.831. The first kappa shape index (κ1) is 14.6. The van der Waals surface area contributed by atoms with Crippen LogP contribution in [0.2, 0.25) is 0 Å². The molecule has 1 aliphatic carbocycles. The molecule has 1 aromatic heterocycles. The Morgan fingerprint density at radius 2 is 2.14 bits per heavy atom. The Hall–Kier alpha value is -1.33. The Bertz CT molecular complexity index is 640. The third-order valence-corrected chi connectivity index (χ3v) is 4.36. The number of aromatic nitrogens is 2. The third kappa shape index (κ3) is 3.14. The number of rotatable bonds is 2. The van der Waals surface area contributed by atoms with Crippen LogP contribution in [0.25, 0.3) is 11.4 Å². The smallest absolute Gasteiger partial charge is 0.159 e. The van der Waals surface area contributed by atoms with Gasteiger partial charge in [-0.05, 0) is 44.5 Å². The first-order valence-electron chi connectivity index (χ1n) is 7.17. The molecule has 0 fully saturated rings. The fourth-order valence-electron chi connectivity index (χ4n) is 2.84. The average molecular weight is 350 g/mol. The molecule has 0 spiro atoms. The van der Waals surface area contributed by atoms with Gasteiger partial charge in [-0.25, -0.2) is 14.4 Å². The minimum absolute atomic E-state index is 0.286. The van der Waals surface area contributed by atoms with Crippen molar-refractivity contribution in [2.24, 2.45) is 0 Å². The number of fused-ring (bicyclic) bond motifs is 1. The molecule has 0 saturated heterocycles. The second-order valence-electron chi connectivity index (χ2n) is 5.34. The van der Waals surface area contributed by atoms with Crippen LogP contribution in [0.5, 0.6) is 0 Å². The van der Waals surface area contributed by atoms with Gasteiger partial charge in [0.25, 0.3) is 0 Å². The average Bonchev–Trinajstić information content (AvgIpc) is 2.67. The van der Waals surface area contributed by atoms with Gasteiger partial charge in [-0.2, -0.15) is 0 Å². The lowest BCUT2D eigenvalue weighted by atomic mass is 10.0. The van der Waals surface area contributed by atoms with E-state index < -0.39 is 0 Å². The molecule has 0 amide bonds. The van der Waals surface area contributed by atoms with Gasteiger partial charge in [0.2, 0.25) is 0 Å². The van der Waals surface area contributed by atoms with Crippen LogP contribution in [0.1, 0.15) is 36.6 Å². The predicted octanol–water partition coefficient (Wildman–Crippen LogP) is 4.03. The monoisotopic (exact) mass is 349 g/mol.